The molecule has 0 fully saturated rings. The van der Waals surface area contributed by atoms with E-state index in [0.29, 0.717) is 28.7 Å². The fraction of sp³-hybridized carbons (Fsp3) is 0.250. The van der Waals surface area contributed by atoms with E-state index in [0.717, 1.165) is 5.69 Å². The molecule has 0 atom stereocenters. The first-order valence-electron chi connectivity index (χ1n) is 7.20. The summed E-state index contributed by atoms with van der Waals surface area (Å²) >= 11 is 1.35. The van der Waals surface area contributed by atoms with Crippen molar-refractivity contribution in [3.63, 3.8) is 0 Å². The highest BCUT2D eigenvalue weighted by Crippen LogP contribution is 2.19. The summed E-state index contributed by atoms with van der Waals surface area (Å²) in [5.41, 5.74) is 2.67. The molecule has 1 heterocycles. The van der Waals surface area contributed by atoms with E-state index in [9.17, 15) is 4.79 Å². The van der Waals surface area contributed by atoms with Gasteiger partial charge in [0.15, 0.2) is 11.4 Å². The Bertz CT molecular complexity index is 790. The quantitative estimate of drug-likeness (QED) is 0.302. The van der Waals surface area contributed by atoms with E-state index in [1.54, 1.807) is 11.6 Å². The maximum atomic E-state index is 11.9. The number of amidine groups is 1. The van der Waals surface area contributed by atoms with Crippen molar-refractivity contribution >= 4 is 28.6 Å². The number of aliphatic imine (C=N–C) groups is 1. The molecule has 0 bridgehead atoms. The van der Waals surface area contributed by atoms with E-state index in [-0.39, 0.29) is 5.97 Å². The lowest BCUT2D eigenvalue weighted by Gasteiger charge is -2.06. The minimum Gasteiger partial charge on any atom is -0.462 e. The summed E-state index contributed by atoms with van der Waals surface area (Å²) in [6.45, 7) is 3.90. The van der Waals surface area contributed by atoms with Gasteiger partial charge in [0.1, 0.15) is 5.56 Å². The minimum absolute atomic E-state index is 0.324. The van der Waals surface area contributed by atoms with Gasteiger partial charge in [-0.2, -0.15) is 10.4 Å². The summed E-state index contributed by atoms with van der Waals surface area (Å²) in [6.07, 6.45) is 5.18. The van der Waals surface area contributed by atoms with Gasteiger partial charge in [-0.05, 0) is 44.4 Å². The molecule has 2 aromatic rings. The number of nitrogens with one attached hydrogen (secondary N) is 1. The molecule has 0 aliphatic heterocycles. The average Bonchev–Trinajstić information content (AvgIpc) is 2.97. The van der Waals surface area contributed by atoms with Gasteiger partial charge in [-0.25, -0.2) is 14.5 Å². The smallest absolute Gasteiger partial charge is 0.341 e. The summed E-state index contributed by atoms with van der Waals surface area (Å²) < 4.78 is 6.68. The second-order valence-corrected chi connectivity index (χ2v) is 5.45. The molecule has 0 radical (unpaired) electrons. The number of benzene rings is 1. The van der Waals surface area contributed by atoms with Gasteiger partial charge in [-0.1, -0.05) is 11.8 Å². The summed E-state index contributed by atoms with van der Waals surface area (Å²) in [5, 5.41) is 15.9. The zero-order chi connectivity index (χ0) is 17.5. The molecule has 0 aliphatic rings. The lowest BCUT2D eigenvalue weighted by Crippen LogP contribution is -2.12. The van der Waals surface area contributed by atoms with Crippen molar-refractivity contribution in [3.05, 3.63) is 41.7 Å². The molecule has 0 saturated heterocycles. The number of rotatable bonds is 4. The van der Waals surface area contributed by atoms with E-state index in [1.807, 2.05) is 43.6 Å². The maximum absolute atomic E-state index is 11.9. The molecular weight excluding hydrogens is 326 g/mol. The lowest BCUT2D eigenvalue weighted by atomic mass is 10.2. The van der Waals surface area contributed by atoms with E-state index in [2.05, 4.69) is 15.4 Å². The van der Waals surface area contributed by atoms with Gasteiger partial charge >= 0.3 is 5.97 Å². The van der Waals surface area contributed by atoms with Crippen LogP contribution in [0, 0.1) is 18.4 Å². The van der Waals surface area contributed by atoms with Crippen molar-refractivity contribution < 1.29 is 9.53 Å². The van der Waals surface area contributed by atoms with Crippen LogP contribution in [0.15, 0.2) is 35.5 Å². The van der Waals surface area contributed by atoms with Crippen LogP contribution in [0.2, 0.25) is 0 Å². The molecule has 1 aromatic heterocycles. The van der Waals surface area contributed by atoms with Crippen LogP contribution in [0.5, 0.6) is 0 Å². The monoisotopic (exact) mass is 343 g/mol. The SMILES string of the molecule is CCOC(=O)c1cnn(-c2ccc(N=C(NC#N)SC)cc2)c1C. The fourth-order valence-electron chi connectivity index (χ4n) is 2.04. The Balaban J connectivity index is 2.26. The first-order valence-corrected chi connectivity index (χ1v) is 8.43. The predicted molar refractivity (Wildman–Crippen MR) is 93.6 cm³/mol. The summed E-state index contributed by atoms with van der Waals surface area (Å²) in [6, 6.07) is 7.32. The maximum Gasteiger partial charge on any atom is 0.341 e. The molecular formula is C16H17N5O2S. The molecule has 24 heavy (non-hydrogen) atoms. The van der Waals surface area contributed by atoms with Crippen LogP contribution in [0.25, 0.3) is 5.69 Å². The molecule has 1 aromatic carbocycles. The van der Waals surface area contributed by atoms with Crippen molar-refractivity contribution in [1.29, 1.82) is 5.26 Å². The van der Waals surface area contributed by atoms with Crippen LogP contribution in [0.4, 0.5) is 5.69 Å². The highest BCUT2D eigenvalue weighted by molar-refractivity contribution is 8.13. The second kappa shape index (κ2) is 8.17. The Morgan fingerprint density at radius 1 is 1.46 bits per heavy atom. The molecule has 2 rings (SSSR count). The van der Waals surface area contributed by atoms with Gasteiger partial charge in [0.05, 0.1) is 29.9 Å². The third-order valence-electron chi connectivity index (χ3n) is 3.19. The first kappa shape index (κ1) is 17.6. The number of hydrogen-bond donors (Lipinski definition) is 1. The van der Waals surface area contributed by atoms with Crippen molar-refractivity contribution in [1.82, 2.24) is 15.1 Å². The number of carbonyl (C=O) groups excluding carboxylic acids is 1. The van der Waals surface area contributed by atoms with Crippen LogP contribution < -0.4 is 5.32 Å². The molecule has 1 N–H and O–H groups in total. The Labute approximate surface area is 144 Å². The standard InChI is InChI=1S/C16H17N5O2S/c1-4-23-15(22)14-9-19-21(11(14)2)13-7-5-12(6-8-13)20-16(24-3)18-10-17/h5-9H,4H2,1-3H3,(H,18,20). The molecule has 0 aliphatic carbocycles. The van der Waals surface area contributed by atoms with Gasteiger partial charge < -0.3 is 4.74 Å². The van der Waals surface area contributed by atoms with Crippen LogP contribution in [-0.2, 0) is 4.74 Å². The van der Waals surface area contributed by atoms with Crippen molar-refractivity contribution in [2.45, 2.75) is 13.8 Å². The molecule has 0 saturated carbocycles. The topological polar surface area (TPSA) is 92.3 Å². The summed E-state index contributed by atoms with van der Waals surface area (Å²) in [7, 11) is 0. The largest absolute Gasteiger partial charge is 0.462 e. The summed E-state index contributed by atoms with van der Waals surface area (Å²) in [5.74, 6) is -0.380. The van der Waals surface area contributed by atoms with Crippen molar-refractivity contribution in [2.75, 3.05) is 12.9 Å². The number of nitrogens with zero attached hydrogens (tertiary/aromatic N) is 4. The highest BCUT2D eigenvalue weighted by atomic mass is 32.2. The van der Waals surface area contributed by atoms with Crippen LogP contribution in [0.3, 0.4) is 0 Å². The van der Waals surface area contributed by atoms with Crippen molar-refractivity contribution in [2.24, 2.45) is 4.99 Å². The number of aromatic nitrogens is 2. The minimum atomic E-state index is -0.380. The van der Waals surface area contributed by atoms with Gasteiger partial charge in [0.2, 0.25) is 0 Å². The van der Waals surface area contributed by atoms with Crippen LogP contribution in [-0.4, -0.2) is 33.8 Å². The van der Waals surface area contributed by atoms with Crippen LogP contribution >= 0.6 is 11.8 Å². The third-order valence-corrected chi connectivity index (χ3v) is 3.77. The van der Waals surface area contributed by atoms with Crippen molar-refractivity contribution in [3.8, 4) is 11.9 Å². The Kier molecular flexibility index (Phi) is 5.98. The Morgan fingerprint density at radius 3 is 2.75 bits per heavy atom. The van der Waals surface area contributed by atoms with E-state index >= 15 is 0 Å². The Morgan fingerprint density at radius 2 is 2.17 bits per heavy atom. The molecule has 0 spiro atoms. The number of thioether (sulfide) groups is 1. The highest BCUT2D eigenvalue weighted by Gasteiger charge is 2.15. The molecule has 0 unspecified atom stereocenters. The molecule has 124 valence electrons. The number of hydrogen-bond acceptors (Lipinski definition) is 6. The molecule has 0 amide bonds. The van der Waals surface area contributed by atoms with Gasteiger partial charge in [0, 0.05) is 0 Å². The van der Waals surface area contributed by atoms with Gasteiger partial charge in [-0.15, -0.1) is 0 Å². The molecule has 8 heteroatoms. The van der Waals surface area contributed by atoms with E-state index < -0.39 is 0 Å². The van der Waals surface area contributed by atoms with E-state index in [1.165, 1.54) is 18.0 Å². The van der Waals surface area contributed by atoms with Gasteiger partial charge in [0.25, 0.3) is 0 Å². The van der Waals surface area contributed by atoms with Crippen LogP contribution in [0.1, 0.15) is 23.0 Å². The number of carbonyl (C=O) groups is 1. The number of esters is 1. The predicted octanol–water partition coefficient (Wildman–Crippen LogP) is 2.78. The summed E-state index contributed by atoms with van der Waals surface area (Å²) in [4.78, 5) is 16.2. The first-order chi connectivity index (χ1) is 11.6. The molecule has 7 nitrogen and oxygen atoms in total. The Hall–Kier alpha value is -2.79. The normalized spacial score (nSPS) is 11.0. The number of ether oxygens (including phenoxy) is 1. The van der Waals surface area contributed by atoms with Gasteiger partial charge in [-0.3, -0.25) is 5.32 Å². The number of nitriles is 1. The zero-order valence-corrected chi connectivity index (χ0v) is 14.4. The van der Waals surface area contributed by atoms with E-state index in [4.69, 9.17) is 10.00 Å². The average molecular weight is 343 g/mol. The lowest BCUT2D eigenvalue weighted by molar-refractivity contribution is 0.0525. The third kappa shape index (κ3) is 3.94. The second-order valence-electron chi connectivity index (χ2n) is 4.65. The fourth-order valence-corrected chi connectivity index (χ4v) is 2.38. The zero-order valence-electron chi connectivity index (χ0n) is 13.6.